The molecule has 190 valence electrons. The van der Waals surface area contributed by atoms with Crippen LogP contribution >= 0.6 is 28.1 Å². The van der Waals surface area contributed by atoms with Crippen LogP contribution in [0.5, 0.6) is 0 Å². The molecule has 4 aromatic rings. The molecule has 1 saturated heterocycles. The van der Waals surface area contributed by atoms with Crippen molar-refractivity contribution in [1.29, 1.82) is 0 Å². The zero-order chi connectivity index (χ0) is 26.3. The Bertz CT molecular complexity index is 1590. The summed E-state index contributed by atoms with van der Waals surface area (Å²) in [6.07, 6.45) is 2.83. The van der Waals surface area contributed by atoms with Crippen molar-refractivity contribution in [2.45, 2.75) is 19.0 Å². The summed E-state index contributed by atoms with van der Waals surface area (Å²) in [7, 11) is -3.42. The Labute approximate surface area is 227 Å². The summed E-state index contributed by atoms with van der Waals surface area (Å²) in [4.78, 5) is 6.48. The second-order valence-corrected chi connectivity index (χ2v) is 11.7. The molecular weight excluding hydrogens is 579 g/mol. The van der Waals surface area contributed by atoms with Crippen LogP contribution < -0.4 is 14.9 Å². The number of furan rings is 1. The Morgan fingerprint density at radius 1 is 1.14 bits per heavy atom. The topological polar surface area (TPSA) is 87.5 Å². The minimum absolute atomic E-state index is 0.321. The maximum Gasteiger partial charge on any atom is 0.229 e. The van der Waals surface area contributed by atoms with Crippen LogP contribution in [0.4, 0.5) is 15.8 Å². The average molecular weight is 602 g/mol. The van der Waals surface area contributed by atoms with Crippen LogP contribution in [0, 0.1) is 12.7 Å². The van der Waals surface area contributed by atoms with Gasteiger partial charge in [-0.15, -0.1) is 0 Å². The third-order valence-electron chi connectivity index (χ3n) is 6.00. The van der Waals surface area contributed by atoms with E-state index in [4.69, 9.17) is 16.6 Å². The Morgan fingerprint density at radius 2 is 1.95 bits per heavy atom. The van der Waals surface area contributed by atoms with Crippen molar-refractivity contribution in [3.63, 3.8) is 0 Å². The number of rotatable bonds is 6. The molecule has 0 spiro atoms. The van der Waals surface area contributed by atoms with E-state index in [2.05, 4.69) is 31.0 Å². The zero-order valence-corrected chi connectivity index (χ0v) is 23.0. The molecule has 0 saturated carbocycles. The van der Waals surface area contributed by atoms with Crippen molar-refractivity contribution >= 4 is 54.7 Å². The first-order valence-corrected chi connectivity index (χ1v) is 14.3. The molecule has 0 radical (unpaired) electrons. The van der Waals surface area contributed by atoms with E-state index < -0.39 is 16.1 Å². The number of nitrogens with one attached hydrogen (secondary N) is 2. The highest BCUT2D eigenvalue weighted by Gasteiger charge is 2.42. The molecule has 2 aromatic heterocycles. The summed E-state index contributed by atoms with van der Waals surface area (Å²) in [5, 5.41) is 3.85. The minimum Gasteiger partial charge on any atom is -0.459 e. The standard InChI is InChI=1S/C26H22BrFN4O3S2/c1-15-13-17(7-9-20(15)31-37(2,33)34)32-25(24(30-26(32)36)21-5-3-4-12-29-21)23-11-10-22(35-23)18-8-6-16(28)14-19(18)27/h3-14,24-25,31H,1-2H3,(H,30,36)/t24-,25+/m1/s1. The molecule has 0 bridgehead atoms. The van der Waals surface area contributed by atoms with Gasteiger partial charge in [0.05, 0.1) is 23.7 Å². The largest absolute Gasteiger partial charge is 0.459 e. The number of benzene rings is 2. The summed E-state index contributed by atoms with van der Waals surface area (Å²) >= 11 is 9.18. The van der Waals surface area contributed by atoms with Gasteiger partial charge < -0.3 is 14.6 Å². The molecule has 37 heavy (non-hydrogen) atoms. The molecule has 1 aliphatic rings. The van der Waals surface area contributed by atoms with Gasteiger partial charge in [-0.05, 0) is 101 Å². The summed E-state index contributed by atoms with van der Waals surface area (Å²) in [5.74, 6) is 0.854. The lowest BCUT2D eigenvalue weighted by Gasteiger charge is -2.26. The Hall–Kier alpha value is -3.28. The van der Waals surface area contributed by atoms with Crippen LogP contribution in [0.15, 0.2) is 81.8 Å². The highest BCUT2D eigenvalue weighted by Crippen LogP contribution is 2.44. The van der Waals surface area contributed by atoms with Gasteiger partial charge in [-0.25, -0.2) is 12.8 Å². The second kappa shape index (κ2) is 9.88. The third-order valence-corrected chi connectivity index (χ3v) is 7.56. The Balaban J connectivity index is 1.59. The molecule has 1 aliphatic heterocycles. The van der Waals surface area contributed by atoms with Gasteiger partial charge in [0.25, 0.3) is 0 Å². The minimum atomic E-state index is -3.42. The lowest BCUT2D eigenvalue weighted by Crippen LogP contribution is -2.29. The lowest BCUT2D eigenvalue weighted by molar-refractivity contribution is 0.439. The normalized spacial score (nSPS) is 17.6. The highest BCUT2D eigenvalue weighted by atomic mass is 79.9. The van der Waals surface area contributed by atoms with Crippen molar-refractivity contribution < 1.29 is 17.2 Å². The van der Waals surface area contributed by atoms with Gasteiger partial charge in [0.2, 0.25) is 10.0 Å². The molecule has 0 unspecified atom stereocenters. The van der Waals surface area contributed by atoms with Gasteiger partial charge in [0.15, 0.2) is 5.11 Å². The molecule has 7 nitrogen and oxygen atoms in total. The predicted molar refractivity (Wildman–Crippen MR) is 149 cm³/mol. The first kappa shape index (κ1) is 25.4. The maximum atomic E-state index is 13.7. The molecule has 1 fully saturated rings. The molecular formula is C26H22BrFN4O3S2. The number of aromatic nitrogens is 1. The van der Waals surface area contributed by atoms with E-state index in [1.807, 2.05) is 54.3 Å². The fourth-order valence-electron chi connectivity index (χ4n) is 4.38. The van der Waals surface area contributed by atoms with Gasteiger partial charge in [0.1, 0.15) is 23.4 Å². The van der Waals surface area contributed by atoms with E-state index in [1.165, 1.54) is 12.1 Å². The summed E-state index contributed by atoms with van der Waals surface area (Å²) in [6, 6.07) is 18.5. The van der Waals surface area contributed by atoms with Gasteiger partial charge >= 0.3 is 0 Å². The highest BCUT2D eigenvalue weighted by molar-refractivity contribution is 9.10. The first-order chi connectivity index (χ1) is 17.6. The van der Waals surface area contributed by atoms with Crippen molar-refractivity contribution in [1.82, 2.24) is 10.3 Å². The van der Waals surface area contributed by atoms with Crippen LogP contribution in [0.25, 0.3) is 11.3 Å². The van der Waals surface area contributed by atoms with E-state index in [0.29, 0.717) is 32.4 Å². The molecule has 5 rings (SSSR count). The number of aryl methyl sites for hydroxylation is 1. The Kier molecular flexibility index (Phi) is 6.78. The molecule has 3 heterocycles. The van der Waals surface area contributed by atoms with Crippen LogP contribution in [-0.4, -0.2) is 24.8 Å². The van der Waals surface area contributed by atoms with Gasteiger partial charge in [-0.3, -0.25) is 9.71 Å². The van der Waals surface area contributed by atoms with E-state index >= 15 is 0 Å². The van der Waals surface area contributed by atoms with Crippen molar-refractivity contribution in [3.8, 4) is 11.3 Å². The average Bonchev–Trinajstić information content (AvgIpc) is 3.45. The fraction of sp³-hybridized carbons (Fsp3) is 0.154. The van der Waals surface area contributed by atoms with Crippen molar-refractivity contribution in [2.24, 2.45) is 0 Å². The monoisotopic (exact) mass is 600 g/mol. The molecule has 2 atom stereocenters. The SMILES string of the molecule is Cc1cc(N2C(=S)N[C@H](c3ccccn3)[C@@H]2c2ccc(-c3ccc(F)cc3Br)o2)ccc1NS(C)(=O)=O. The maximum absolute atomic E-state index is 13.7. The van der Waals surface area contributed by atoms with E-state index in [9.17, 15) is 12.8 Å². The van der Waals surface area contributed by atoms with Crippen LogP contribution in [0.2, 0.25) is 0 Å². The van der Waals surface area contributed by atoms with Crippen LogP contribution in [0.3, 0.4) is 0 Å². The number of hydrogen-bond donors (Lipinski definition) is 2. The van der Waals surface area contributed by atoms with E-state index in [-0.39, 0.29) is 11.9 Å². The summed E-state index contributed by atoms with van der Waals surface area (Å²) in [6.45, 7) is 1.83. The zero-order valence-electron chi connectivity index (χ0n) is 19.8. The molecule has 2 N–H and O–H groups in total. The van der Waals surface area contributed by atoms with Gasteiger partial charge in [0, 0.05) is 21.9 Å². The summed E-state index contributed by atoms with van der Waals surface area (Å²) < 4.78 is 46.6. The quantitative estimate of drug-likeness (QED) is 0.258. The molecule has 0 aliphatic carbocycles. The van der Waals surface area contributed by atoms with Crippen LogP contribution in [-0.2, 0) is 10.0 Å². The second-order valence-electron chi connectivity index (χ2n) is 8.70. The number of sulfonamides is 1. The molecule has 2 aromatic carbocycles. The first-order valence-electron chi connectivity index (χ1n) is 11.2. The lowest BCUT2D eigenvalue weighted by atomic mass is 10.0. The third kappa shape index (κ3) is 5.25. The molecule has 11 heteroatoms. The van der Waals surface area contributed by atoms with E-state index in [0.717, 1.165) is 23.2 Å². The van der Waals surface area contributed by atoms with Crippen molar-refractivity contribution in [3.05, 3.63) is 100 Å². The summed E-state index contributed by atoms with van der Waals surface area (Å²) in [5.41, 5.74) is 3.49. The molecule has 0 amide bonds. The van der Waals surface area contributed by atoms with Gasteiger partial charge in [-0.2, -0.15) is 0 Å². The predicted octanol–water partition coefficient (Wildman–Crippen LogP) is 6.10. The number of anilines is 2. The fourth-order valence-corrected chi connectivity index (χ4v) is 5.90. The van der Waals surface area contributed by atoms with Gasteiger partial charge in [-0.1, -0.05) is 6.07 Å². The smallest absolute Gasteiger partial charge is 0.229 e. The Morgan fingerprint density at radius 3 is 2.62 bits per heavy atom. The number of nitrogens with zero attached hydrogens (tertiary/aromatic N) is 2. The number of halogens is 2. The number of thiocarbonyl (C=S) groups is 1. The number of pyridine rings is 1. The number of hydrogen-bond acceptors (Lipinski definition) is 5. The van der Waals surface area contributed by atoms with E-state index in [1.54, 1.807) is 18.3 Å². The van der Waals surface area contributed by atoms with Crippen molar-refractivity contribution in [2.75, 3.05) is 15.9 Å². The van der Waals surface area contributed by atoms with Crippen LogP contribution in [0.1, 0.15) is 29.1 Å².